The fraction of sp³-hybridized carbons (Fsp3) is 0.467. The smallest absolute Gasteiger partial charge is 0.326 e. The van der Waals surface area contributed by atoms with E-state index in [2.05, 4.69) is 0 Å². The Morgan fingerprint density at radius 1 is 1.45 bits per heavy atom. The molecule has 2 aliphatic rings. The second kappa shape index (κ2) is 4.99. The van der Waals surface area contributed by atoms with E-state index in [0.29, 0.717) is 16.5 Å². The minimum atomic E-state index is -0.764. The highest BCUT2D eigenvalue weighted by Crippen LogP contribution is 2.44. The quantitative estimate of drug-likeness (QED) is 0.909. The van der Waals surface area contributed by atoms with E-state index in [-0.39, 0.29) is 5.92 Å². The number of fused-ring (bicyclic) bond motifs is 1. The number of nitrogens with zero attached hydrogens (tertiary/aromatic N) is 2. The molecule has 1 aromatic carbocycles. The van der Waals surface area contributed by atoms with Gasteiger partial charge in [-0.1, -0.05) is 18.0 Å². The molecule has 1 saturated carbocycles. The highest BCUT2D eigenvalue weighted by molar-refractivity contribution is 6.32. The molecule has 5 heteroatoms. The lowest BCUT2D eigenvalue weighted by atomic mass is 9.94. The first-order valence-electron chi connectivity index (χ1n) is 6.81. The molecule has 1 saturated heterocycles. The van der Waals surface area contributed by atoms with Gasteiger partial charge >= 0.3 is 5.97 Å². The van der Waals surface area contributed by atoms with Crippen LogP contribution in [0.25, 0.3) is 0 Å². The summed E-state index contributed by atoms with van der Waals surface area (Å²) < 4.78 is 0. The lowest BCUT2D eigenvalue weighted by molar-refractivity contribution is -0.139. The summed E-state index contributed by atoms with van der Waals surface area (Å²) in [6.45, 7) is 0.768. The molecular weight excluding hydrogens is 276 g/mol. The molecule has 0 aromatic heterocycles. The van der Waals surface area contributed by atoms with Crippen LogP contribution < -0.4 is 4.90 Å². The maximum Gasteiger partial charge on any atom is 0.326 e. The summed E-state index contributed by atoms with van der Waals surface area (Å²) in [6, 6.07) is 6.71. The largest absolute Gasteiger partial charge is 0.480 e. The molecule has 1 aliphatic carbocycles. The second-order valence-corrected chi connectivity index (χ2v) is 5.97. The van der Waals surface area contributed by atoms with Gasteiger partial charge in [-0.3, -0.25) is 0 Å². The van der Waals surface area contributed by atoms with Crippen molar-refractivity contribution >= 4 is 23.3 Å². The van der Waals surface area contributed by atoms with Gasteiger partial charge in [0.25, 0.3) is 0 Å². The second-order valence-electron chi connectivity index (χ2n) is 5.57. The van der Waals surface area contributed by atoms with Gasteiger partial charge in [0.2, 0.25) is 0 Å². The van der Waals surface area contributed by atoms with Gasteiger partial charge in [-0.25, -0.2) is 4.79 Å². The fourth-order valence-electron chi connectivity index (χ4n) is 3.66. The Hall–Kier alpha value is -1.73. The molecular formula is C15H15ClN2O2. The van der Waals surface area contributed by atoms with Gasteiger partial charge in [-0.05, 0) is 42.9 Å². The highest BCUT2D eigenvalue weighted by Gasteiger charge is 2.47. The van der Waals surface area contributed by atoms with Crippen LogP contribution in [-0.2, 0) is 4.79 Å². The fourth-order valence-corrected chi connectivity index (χ4v) is 3.88. The molecule has 0 spiro atoms. The number of carbonyl (C=O) groups is 1. The highest BCUT2D eigenvalue weighted by atomic mass is 35.5. The number of anilines is 1. The van der Waals surface area contributed by atoms with Crippen LogP contribution in [0.1, 0.15) is 24.8 Å². The summed E-state index contributed by atoms with van der Waals surface area (Å²) in [6.07, 6.45) is 3.22. The summed E-state index contributed by atoms with van der Waals surface area (Å²) in [4.78, 5) is 13.5. The molecule has 20 heavy (non-hydrogen) atoms. The summed E-state index contributed by atoms with van der Waals surface area (Å²) in [5.74, 6) is -0.0627. The van der Waals surface area contributed by atoms with Crippen LogP contribution in [0.2, 0.25) is 5.02 Å². The molecule has 104 valence electrons. The molecule has 3 unspecified atom stereocenters. The zero-order valence-corrected chi connectivity index (χ0v) is 11.7. The van der Waals surface area contributed by atoms with Gasteiger partial charge < -0.3 is 10.0 Å². The first-order chi connectivity index (χ1) is 9.61. The van der Waals surface area contributed by atoms with Crippen LogP contribution in [0.4, 0.5) is 5.69 Å². The van der Waals surface area contributed by atoms with Crippen LogP contribution in [0.3, 0.4) is 0 Å². The van der Waals surface area contributed by atoms with Crippen molar-refractivity contribution in [2.75, 3.05) is 11.4 Å². The van der Waals surface area contributed by atoms with Crippen molar-refractivity contribution in [3.8, 4) is 6.07 Å². The molecule has 0 amide bonds. The third-order valence-electron chi connectivity index (χ3n) is 4.55. The predicted molar refractivity (Wildman–Crippen MR) is 75.8 cm³/mol. The molecule has 0 radical (unpaired) electrons. The van der Waals surface area contributed by atoms with Crippen LogP contribution in [0, 0.1) is 23.2 Å². The summed E-state index contributed by atoms with van der Waals surface area (Å²) in [7, 11) is 0. The van der Waals surface area contributed by atoms with Gasteiger partial charge in [0.15, 0.2) is 0 Å². The SMILES string of the molecule is N#Cc1ccc(N2CC3CCCC3C2C(=O)O)cc1Cl. The van der Waals surface area contributed by atoms with Crippen molar-refractivity contribution < 1.29 is 9.90 Å². The van der Waals surface area contributed by atoms with Crippen molar-refractivity contribution in [2.45, 2.75) is 25.3 Å². The van der Waals surface area contributed by atoms with Crippen LogP contribution in [0.5, 0.6) is 0 Å². The molecule has 1 heterocycles. The molecule has 1 aliphatic heterocycles. The van der Waals surface area contributed by atoms with Crippen molar-refractivity contribution in [1.82, 2.24) is 0 Å². The Bertz CT molecular complexity index is 596. The Labute approximate surface area is 122 Å². The maximum absolute atomic E-state index is 11.6. The van der Waals surface area contributed by atoms with E-state index < -0.39 is 12.0 Å². The molecule has 1 N–H and O–H groups in total. The minimum Gasteiger partial charge on any atom is -0.480 e. The van der Waals surface area contributed by atoms with E-state index in [4.69, 9.17) is 16.9 Å². The summed E-state index contributed by atoms with van der Waals surface area (Å²) in [5.41, 5.74) is 1.22. The number of hydrogen-bond acceptors (Lipinski definition) is 3. The lowest BCUT2D eigenvalue weighted by Gasteiger charge is -2.26. The van der Waals surface area contributed by atoms with Gasteiger partial charge in [0.1, 0.15) is 12.1 Å². The summed E-state index contributed by atoms with van der Waals surface area (Å²) >= 11 is 6.06. The Morgan fingerprint density at radius 3 is 2.90 bits per heavy atom. The Balaban J connectivity index is 1.95. The van der Waals surface area contributed by atoms with Crippen molar-refractivity contribution in [3.05, 3.63) is 28.8 Å². The lowest BCUT2D eigenvalue weighted by Crippen LogP contribution is -2.39. The minimum absolute atomic E-state index is 0.238. The van der Waals surface area contributed by atoms with E-state index in [0.717, 1.165) is 31.5 Å². The van der Waals surface area contributed by atoms with Gasteiger partial charge in [-0.2, -0.15) is 5.26 Å². The standard InChI is InChI=1S/C15H15ClN2O2/c16-13-6-11(5-4-9(13)7-17)18-8-10-2-1-3-12(10)14(18)15(19)20/h4-6,10,12,14H,1-3,8H2,(H,19,20). The van der Waals surface area contributed by atoms with E-state index >= 15 is 0 Å². The van der Waals surface area contributed by atoms with E-state index in [9.17, 15) is 9.90 Å². The van der Waals surface area contributed by atoms with E-state index in [1.807, 2.05) is 11.0 Å². The van der Waals surface area contributed by atoms with Crippen molar-refractivity contribution in [2.24, 2.45) is 11.8 Å². The molecule has 3 atom stereocenters. The molecule has 2 fully saturated rings. The van der Waals surface area contributed by atoms with Crippen LogP contribution >= 0.6 is 11.6 Å². The van der Waals surface area contributed by atoms with Crippen molar-refractivity contribution in [3.63, 3.8) is 0 Å². The number of rotatable bonds is 2. The van der Waals surface area contributed by atoms with Crippen molar-refractivity contribution in [1.29, 1.82) is 5.26 Å². The number of carboxylic acid groups (broad SMARTS) is 1. The molecule has 0 bridgehead atoms. The first-order valence-corrected chi connectivity index (χ1v) is 7.18. The van der Waals surface area contributed by atoms with Gasteiger partial charge in [-0.15, -0.1) is 0 Å². The topological polar surface area (TPSA) is 64.3 Å². The normalized spacial score (nSPS) is 28.2. The Kier molecular flexibility index (Phi) is 3.31. The van der Waals surface area contributed by atoms with Crippen LogP contribution in [0.15, 0.2) is 18.2 Å². The monoisotopic (exact) mass is 290 g/mol. The van der Waals surface area contributed by atoms with E-state index in [1.54, 1.807) is 18.2 Å². The summed E-state index contributed by atoms with van der Waals surface area (Å²) in [5, 5.41) is 18.8. The number of nitriles is 1. The number of benzene rings is 1. The average Bonchev–Trinajstić information content (AvgIpc) is 2.97. The third-order valence-corrected chi connectivity index (χ3v) is 4.86. The molecule has 1 aromatic rings. The average molecular weight is 291 g/mol. The van der Waals surface area contributed by atoms with Gasteiger partial charge in [0, 0.05) is 12.2 Å². The maximum atomic E-state index is 11.6. The zero-order chi connectivity index (χ0) is 14.3. The number of carboxylic acids is 1. The number of halogens is 1. The molecule has 3 rings (SSSR count). The zero-order valence-electron chi connectivity index (χ0n) is 10.9. The third kappa shape index (κ3) is 2.03. The first kappa shape index (κ1) is 13.3. The molecule has 4 nitrogen and oxygen atoms in total. The number of aliphatic carboxylic acids is 1. The van der Waals surface area contributed by atoms with E-state index in [1.165, 1.54) is 0 Å². The van der Waals surface area contributed by atoms with Gasteiger partial charge in [0.05, 0.1) is 10.6 Å². The predicted octanol–water partition coefficient (Wildman–Crippen LogP) is 2.90. The number of hydrogen-bond donors (Lipinski definition) is 1. The van der Waals surface area contributed by atoms with Crippen LogP contribution in [-0.4, -0.2) is 23.7 Å². The Morgan fingerprint density at radius 2 is 2.25 bits per heavy atom.